The molecule has 0 saturated heterocycles. The van der Waals surface area contributed by atoms with Crippen LogP contribution in [0.5, 0.6) is 11.5 Å². The fourth-order valence-corrected chi connectivity index (χ4v) is 1.84. The summed E-state index contributed by atoms with van der Waals surface area (Å²) >= 11 is 0. The smallest absolute Gasteiger partial charge is 0.262 e. The van der Waals surface area contributed by atoms with Crippen LogP contribution in [0.1, 0.15) is 12.5 Å². The second kappa shape index (κ2) is 7.33. The fourth-order valence-electron chi connectivity index (χ4n) is 1.84. The summed E-state index contributed by atoms with van der Waals surface area (Å²) in [5.74, 6) is 1.25. The SMILES string of the molecule is CCc1ccc(OCC(=O)Nc2ccc(OC)cc2)cc1. The van der Waals surface area contributed by atoms with Crippen LogP contribution in [0.3, 0.4) is 0 Å². The Balaban J connectivity index is 1.83. The molecule has 0 fully saturated rings. The predicted molar refractivity (Wildman–Crippen MR) is 82.9 cm³/mol. The van der Waals surface area contributed by atoms with Crippen LogP contribution in [0.4, 0.5) is 5.69 Å². The van der Waals surface area contributed by atoms with Crippen molar-refractivity contribution in [3.8, 4) is 11.5 Å². The molecule has 0 aromatic heterocycles. The molecule has 0 heterocycles. The second-order valence-corrected chi connectivity index (χ2v) is 4.56. The number of rotatable bonds is 6. The van der Waals surface area contributed by atoms with Gasteiger partial charge in [0.25, 0.3) is 5.91 Å². The number of carbonyl (C=O) groups excluding carboxylic acids is 1. The van der Waals surface area contributed by atoms with Crippen molar-refractivity contribution in [1.82, 2.24) is 0 Å². The minimum absolute atomic E-state index is 0.0164. The molecule has 2 aromatic carbocycles. The van der Waals surface area contributed by atoms with Gasteiger partial charge in [-0.2, -0.15) is 0 Å². The van der Waals surface area contributed by atoms with E-state index in [1.165, 1.54) is 5.56 Å². The predicted octanol–water partition coefficient (Wildman–Crippen LogP) is 3.28. The van der Waals surface area contributed by atoms with E-state index in [0.717, 1.165) is 12.2 Å². The number of aryl methyl sites for hydroxylation is 1. The summed E-state index contributed by atoms with van der Waals surface area (Å²) in [6.07, 6.45) is 0.984. The van der Waals surface area contributed by atoms with E-state index in [1.807, 2.05) is 24.3 Å². The Morgan fingerprint density at radius 1 is 1.00 bits per heavy atom. The van der Waals surface area contributed by atoms with Crippen molar-refractivity contribution in [2.24, 2.45) is 0 Å². The van der Waals surface area contributed by atoms with Gasteiger partial charge >= 0.3 is 0 Å². The number of benzene rings is 2. The standard InChI is InChI=1S/C17H19NO3/c1-3-13-4-8-16(9-5-13)21-12-17(19)18-14-6-10-15(20-2)11-7-14/h4-11H,3,12H2,1-2H3,(H,18,19). The van der Waals surface area contributed by atoms with Crippen LogP contribution in [0.25, 0.3) is 0 Å². The van der Waals surface area contributed by atoms with Gasteiger partial charge in [0.15, 0.2) is 6.61 Å². The Labute approximate surface area is 124 Å². The van der Waals surface area contributed by atoms with Crippen molar-refractivity contribution in [3.05, 3.63) is 54.1 Å². The van der Waals surface area contributed by atoms with Crippen molar-refractivity contribution < 1.29 is 14.3 Å². The van der Waals surface area contributed by atoms with Gasteiger partial charge in [-0.3, -0.25) is 4.79 Å². The lowest BCUT2D eigenvalue weighted by molar-refractivity contribution is -0.118. The number of nitrogens with one attached hydrogen (secondary N) is 1. The monoisotopic (exact) mass is 285 g/mol. The zero-order valence-electron chi connectivity index (χ0n) is 12.3. The van der Waals surface area contributed by atoms with Crippen LogP contribution in [0.15, 0.2) is 48.5 Å². The first-order valence-electron chi connectivity index (χ1n) is 6.87. The van der Waals surface area contributed by atoms with E-state index in [9.17, 15) is 4.79 Å². The topological polar surface area (TPSA) is 47.6 Å². The third-order valence-corrected chi connectivity index (χ3v) is 3.08. The van der Waals surface area contributed by atoms with E-state index >= 15 is 0 Å². The Morgan fingerprint density at radius 2 is 1.62 bits per heavy atom. The molecule has 2 aromatic rings. The maximum absolute atomic E-state index is 11.8. The summed E-state index contributed by atoms with van der Waals surface area (Å²) in [5, 5.41) is 2.77. The highest BCUT2D eigenvalue weighted by Crippen LogP contribution is 2.15. The molecule has 1 N–H and O–H groups in total. The molecule has 2 rings (SSSR count). The molecule has 0 saturated carbocycles. The highest BCUT2D eigenvalue weighted by Gasteiger charge is 2.04. The van der Waals surface area contributed by atoms with Crippen molar-refractivity contribution in [3.63, 3.8) is 0 Å². The summed E-state index contributed by atoms with van der Waals surface area (Å²) in [7, 11) is 1.60. The first kappa shape index (κ1) is 14.9. The fraction of sp³-hybridized carbons (Fsp3) is 0.235. The largest absolute Gasteiger partial charge is 0.497 e. The van der Waals surface area contributed by atoms with Crippen LogP contribution < -0.4 is 14.8 Å². The number of carbonyl (C=O) groups is 1. The first-order chi connectivity index (χ1) is 10.2. The van der Waals surface area contributed by atoms with Crippen LogP contribution in [-0.2, 0) is 11.2 Å². The number of anilines is 1. The molecule has 0 spiro atoms. The summed E-state index contributed by atoms with van der Waals surface area (Å²) in [4.78, 5) is 11.8. The van der Waals surface area contributed by atoms with Crippen molar-refractivity contribution in [2.75, 3.05) is 19.0 Å². The van der Waals surface area contributed by atoms with E-state index in [0.29, 0.717) is 11.4 Å². The van der Waals surface area contributed by atoms with Gasteiger partial charge in [-0.25, -0.2) is 0 Å². The molecule has 4 nitrogen and oxygen atoms in total. The Hall–Kier alpha value is -2.49. The van der Waals surface area contributed by atoms with Crippen molar-refractivity contribution in [1.29, 1.82) is 0 Å². The molecule has 0 unspecified atom stereocenters. The summed E-state index contributed by atoms with van der Waals surface area (Å²) < 4.78 is 10.5. The number of methoxy groups -OCH3 is 1. The summed E-state index contributed by atoms with van der Waals surface area (Å²) in [5.41, 5.74) is 1.95. The molecule has 0 bridgehead atoms. The van der Waals surface area contributed by atoms with Gasteiger partial charge in [0, 0.05) is 5.69 Å². The molecule has 0 aliphatic carbocycles. The molecule has 1 amide bonds. The Bertz CT molecular complexity index is 576. The van der Waals surface area contributed by atoms with E-state index in [-0.39, 0.29) is 12.5 Å². The Morgan fingerprint density at radius 3 is 2.19 bits per heavy atom. The molecule has 21 heavy (non-hydrogen) atoms. The van der Waals surface area contributed by atoms with E-state index < -0.39 is 0 Å². The minimum Gasteiger partial charge on any atom is -0.497 e. The molecule has 0 aliphatic heterocycles. The van der Waals surface area contributed by atoms with Gasteiger partial charge in [0.1, 0.15) is 11.5 Å². The van der Waals surface area contributed by atoms with Crippen LogP contribution in [0.2, 0.25) is 0 Å². The van der Waals surface area contributed by atoms with Crippen LogP contribution in [-0.4, -0.2) is 19.6 Å². The highest BCUT2D eigenvalue weighted by molar-refractivity contribution is 5.91. The third kappa shape index (κ3) is 4.53. The van der Waals surface area contributed by atoms with Gasteiger partial charge in [-0.05, 0) is 48.4 Å². The molecule has 0 aliphatic rings. The quantitative estimate of drug-likeness (QED) is 0.886. The van der Waals surface area contributed by atoms with Gasteiger partial charge in [0.2, 0.25) is 0 Å². The van der Waals surface area contributed by atoms with E-state index in [1.54, 1.807) is 31.4 Å². The zero-order chi connectivity index (χ0) is 15.1. The average molecular weight is 285 g/mol. The molecule has 0 radical (unpaired) electrons. The van der Waals surface area contributed by atoms with Gasteiger partial charge < -0.3 is 14.8 Å². The van der Waals surface area contributed by atoms with Gasteiger partial charge in [-0.15, -0.1) is 0 Å². The van der Waals surface area contributed by atoms with E-state index in [2.05, 4.69) is 12.2 Å². The maximum atomic E-state index is 11.8. The van der Waals surface area contributed by atoms with E-state index in [4.69, 9.17) is 9.47 Å². The zero-order valence-corrected chi connectivity index (χ0v) is 12.3. The lowest BCUT2D eigenvalue weighted by Crippen LogP contribution is -2.20. The average Bonchev–Trinajstić information content (AvgIpc) is 2.54. The number of hydrogen-bond donors (Lipinski definition) is 1. The summed E-state index contributed by atoms with van der Waals surface area (Å²) in [6, 6.07) is 14.9. The normalized spacial score (nSPS) is 10.0. The molecule has 4 heteroatoms. The minimum atomic E-state index is -0.195. The second-order valence-electron chi connectivity index (χ2n) is 4.56. The molecule has 110 valence electrons. The molecular formula is C17H19NO3. The van der Waals surface area contributed by atoms with Crippen molar-refractivity contribution in [2.45, 2.75) is 13.3 Å². The van der Waals surface area contributed by atoms with Gasteiger partial charge in [0.05, 0.1) is 7.11 Å². The maximum Gasteiger partial charge on any atom is 0.262 e. The van der Waals surface area contributed by atoms with Crippen LogP contribution >= 0.6 is 0 Å². The number of hydrogen-bond acceptors (Lipinski definition) is 3. The van der Waals surface area contributed by atoms with Gasteiger partial charge in [-0.1, -0.05) is 19.1 Å². The summed E-state index contributed by atoms with van der Waals surface area (Å²) in [6.45, 7) is 2.08. The number of ether oxygens (including phenoxy) is 2. The Kier molecular flexibility index (Phi) is 5.21. The first-order valence-corrected chi connectivity index (χ1v) is 6.87. The number of amides is 1. The molecule has 0 atom stereocenters. The van der Waals surface area contributed by atoms with Crippen LogP contribution in [0, 0.1) is 0 Å². The third-order valence-electron chi connectivity index (χ3n) is 3.08. The van der Waals surface area contributed by atoms with Crippen molar-refractivity contribution >= 4 is 11.6 Å². The highest BCUT2D eigenvalue weighted by atomic mass is 16.5. The molecular weight excluding hydrogens is 266 g/mol. The lowest BCUT2D eigenvalue weighted by atomic mass is 10.2. The lowest BCUT2D eigenvalue weighted by Gasteiger charge is -2.08.